The van der Waals surface area contributed by atoms with Crippen LogP contribution in [-0.4, -0.2) is 23.2 Å². The van der Waals surface area contributed by atoms with E-state index in [0.717, 1.165) is 0 Å². The minimum absolute atomic E-state index is 0.326. The van der Waals surface area contributed by atoms with Gasteiger partial charge in [0.1, 0.15) is 11.4 Å². The Hall–Kier alpha value is -1.58. The first-order valence-corrected chi connectivity index (χ1v) is 5.16. The molecule has 0 aromatic heterocycles. The first-order chi connectivity index (χ1) is 7.39. The van der Waals surface area contributed by atoms with Crippen LogP contribution in [-0.2, 0) is 4.79 Å². The van der Waals surface area contributed by atoms with Gasteiger partial charge in [-0.15, -0.1) is 0 Å². The van der Waals surface area contributed by atoms with Crippen molar-refractivity contribution in [3.63, 3.8) is 0 Å². The molecule has 88 valence electrons. The first kappa shape index (κ1) is 12.5. The van der Waals surface area contributed by atoms with Crippen LogP contribution in [0.4, 0.5) is 10.1 Å². The lowest BCUT2D eigenvalue weighted by molar-refractivity contribution is -0.142. The second kappa shape index (κ2) is 4.51. The van der Waals surface area contributed by atoms with E-state index in [1.54, 1.807) is 30.9 Å². The van der Waals surface area contributed by atoms with E-state index in [0.29, 0.717) is 12.2 Å². The zero-order chi connectivity index (χ0) is 12.3. The van der Waals surface area contributed by atoms with Gasteiger partial charge in [0.15, 0.2) is 0 Å². The van der Waals surface area contributed by atoms with Crippen molar-refractivity contribution < 1.29 is 14.3 Å². The second-order valence-corrected chi connectivity index (χ2v) is 4.08. The highest BCUT2D eigenvalue weighted by molar-refractivity contribution is 5.82. The number of rotatable bonds is 4. The lowest BCUT2D eigenvalue weighted by Gasteiger charge is -2.36. The molecule has 1 aromatic rings. The predicted octanol–water partition coefficient (Wildman–Crippen LogP) is 2.52. The van der Waals surface area contributed by atoms with E-state index >= 15 is 0 Å². The number of aliphatic carboxylic acids is 1. The third-order valence-electron chi connectivity index (χ3n) is 2.65. The van der Waals surface area contributed by atoms with Crippen LogP contribution in [0.1, 0.15) is 20.8 Å². The molecule has 0 aliphatic rings. The summed E-state index contributed by atoms with van der Waals surface area (Å²) in [5.41, 5.74) is -0.302. The molecule has 0 atom stereocenters. The fourth-order valence-electron chi connectivity index (χ4n) is 1.64. The van der Waals surface area contributed by atoms with Gasteiger partial charge < -0.3 is 10.0 Å². The average molecular weight is 225 g/mol. The molecule has 1 aromatic carbocycles. The molecule has 0 unspecified atom stereocenters. The fraction of sp³-hybridized carbons (Fsp3) is 0.417. The Balaban J connectivity index is 3.07. The number of carboxylic acids is 1. The van der Waals surface area contributed by atoms with Crippen molar-refractivity contribution in [1.29, 1.82) is 0 Å². The van der Waals surface area contributed by atoms with Crippen LogP contribution in [0, 0.1) is 5.82 Å². The van der Waals surface area contributed by atoms with E-state index < -0.39 is 11.5 Å². The Labute approximate surface area is 94.5 Å². The van der Waals surface area contributed by atoms with Crippen molar-refractivity contribution in [3.8, 4) is 0 Å². The van der Waals surface area contributed by atoms with E-state index in [1.165, 1.54) is 12.1 Å². The van der Waals surface area contributed by atoms with Gasteiger partial charge in [-0.05, 0) is 45.0 Å². The van der Waals surface area contributed by atoms with Crippen molar-refractivity contribution in [2.24, 2.45) is 0 Å². The highest BCUT2D eigenvalue weighted by Gasteiger charge is 2.33. The van der Waals surface area contributed by atoms with Crippen LogP contribution in [0.15, 0.2) is 24.3 Å². The summed E-state index contributed by atoms with van der Waals surface area (Å²) in [4.78, 5) is 12.9. The molecule has 0 aliphatic heterocycles. The quantitative estimate of drug-likeness (QED) is 0.856. The maximum absolute atomic E-state index is 12.8. The molecule has 0 aliphatic carbocycles. The molecular formula is C12H16FNO2. The Bertz CT molecular complexity index is 373. The van der Waals surface area contributed by atoms with Gasteiger partial charge in [-0.3, -0.25) is 0 Å². The third kappa shape index (κ3) is 2.32. The molecule has 0 saturated carbocycles. The summed E-state index contributed by atoms with van der Waals surface area (Å²) in [5.74, 6) is -1.23. The zero-order valence-electron chi connectivity index (χ0n) is 9.70. The predicted molar refractivity (Wildman–Crippen MR) is 61.1 cm³/mol. The van der Waals surface area contributed by atoms with Crippen molar-refractivity contribution >= 4 is 11.7 Å². The first-order valence-electron chi connectivity index (χ1n) is 5.16. The van der Waals surface area contributed by atoms with Crippen LogP contribution in [0.5, 0.6) is 0 Å². The van der Waals surface area contributed by atoms with Crippen molar-refractivity contribution in [3.05, 3.63) is 30.1 Å². The molecule has 0 spiro atoms. The summed E-state index contributed by atoms with van der Waals surface area (Å²) in [6, 6.07) is 5.83. The van der Waals surface area contributed by atoms with Gasteiger partial charge in [0.25, 0.3) is 0 Å². The van der Waals surface area contributed by atoms with E-state index in [-0.39, 0.29) is 5.82 Å². The van der Waals surface area contributed by atoms with Gasteiger partial charge >= 0.3 is 5.97 Å². The molecule has 0 fully saturated rings. The van der Waals surface area contributed by atoms with Gasteiger partial charge in [-0.1, -0.05) is 0 Å². The van der Waals surface area contributed by atoms with Crippen LogP contribution in [0.25, 0.3) is 0 Å². The molecule has 3 nitrogen and oxygen atoms in total. The monoisotopic (exact) mass is 225 g/mol. The van der Waals surface area contributed by atoms with E-state index in [2.05, 4.69) is 0 Å². The van der Waals surface area contributed by atoms with Gasteiger partial charge in [0, 0.05) is 12.2 Å². The van der Waals surface area contributed by atoms with Crippen LogP contribution in [0.2, 0.25) is 0 Å². The van der Waals surface area contributed by atoms with Gasteiger partial charge in [0.2, 0.25) is 0 Å². The lowest BCUT2D eigenvalue weighted by Crippen LogP contribution is -2.50. The smallest absolute Gasteiger partial charge is 0.328 e. The largest absolute Gasteiger partial charge is 0.480 e. The summed E-state index contributed by atoms with van der Waals surface area (Å²) in [7, 11) is 0. The SMILES string of the molecule is CCN(c1ccc(F)cc1)C(C)(C)C(=O)O. The van der Waals surface area contributed by atoms with Crippen LogP contribution < -0.4 is 4.90 Å². The van der Waals surface area contributed by atoms with Crippen molar-refractivity contribution in [1.82, 2.24) is 0 Å². The number of carbonyl (C=O) groups is 1. The number of anilines is 1. The Morgan fingerprint density at radius 1 is 1.38 bits per heavy atom. The molecule has 0 heterocycles. The highest BCUT2D eigenvalue weighted by atomic mass is 19.1. The molecule has 0 radical (unpaired) electrons. The molecule has 16 heavy (non-hydrogen) atoms. The van der Waals surface area contributed by atoms with Crippen LogP contribution >= 0.6 is 0 Å². The maximum Gasteiger partial charge on any atom is 0.328 e. The lowest BCUT2D eigenvalue weighted by atomic mass is 10.0. The van der Waals surface area contributed by atoms with Crippen molar-refractivity contribution in [2.75, 3.05) is 11.4 Å². The summed E-state index contributed by atoms with van der Waals surface area (Å²) in [6.45, 7) is 5.67. The summed E-state index contributed by atoms with van der Waals surface area (Å²) in [5, 5.41) is 9.14. The number of likely N-dealkylation sites (N-methyl/N-ethyl adjacent to an activating group) is 1. The standard InChI is InChI=1S/C12H16FNO2/c1-4-14(12(2,3)11(15)16)10-7-5-9(13)6-8-10/h5-8H,4H2,1-3H3,(H,15,16). The number of hydrogen-bond acceptors (Lipinski definition) is 2. The topological polar surface area (TPSA) is 40.5 Å². The normalized spacial score (nSPS) is 11.2. The molecule has 0 bridgehead atoms. The van der Waals surface area contributed by atoms with Crippen molar-refractivity contribution in [2.45, 2.75) is 26.3 Å². The molecular weight excluding hydrogens is 209 g/mol. The molecule has 1 rings (SSSR count). The number of carboxylic acid groups (broad SMARTS) is 1. The number of halogens is 1. The van der Waals surface area contributed by atoms with Crippen LogP contribution in [0.3, 0.4) is 0 Å². The number of nitrogens with zero attached hydrogens (tertiary/aromatic N) is 1. The molecule has 0 amide bonds. The molecule has 0 saturated heterocycles. The minimum Gasteiger partial charge on any atom is -0.480 e. The maximum atomic E-state index is 12.8. The summed E-state index contributed by atoms with van der Waals surface area (Å²) >= 11 is 0. The minimum atomic E-state index is -1.01. The Morgan fingerprint density at radius 2 is 1.88 bits per heavy atom. The number of hydrogen-bond donors (Lipinski definition) is 1. The van der Waals surface area contributed by atoms with E-state index in [1.807, 2.05) is 6.92 Å². The van der Waals surface area contributed by atoms with E-state index in [9.17, 15) is 9.18 Å². The zero-order valence-corrected chi connectivity index (χ0v) is 9.70. The van der Waals surface area contributed by atoms with Gasteiger partial charge in [-0.2, -0.15) is 0 Å². The molecule has 1 N–H and O–H groups in total. The average Bonchev–Trinajstić information content (AvgIpc) is 2.21. The molecule has 4 heteroatoms. The van der Waals surface area contributed by atoms with Gasteiger partial charge in [-0.25, -0.2) is 9.18 Å². The second-order valence-electron chi connectivity index (χ2n) is 4.08. The highest BCUT2D eigenvalue weighted by Crippen LogP contribution is 2.24. The third-order valence-corrected chi connectivity index (χ3v) is 2.65. The summed E-state index contributed by atoms with van der Waals surface area (Å²) in [6.07, 6.45) is 0. The summed E-state index contributed by atoms with van der Waals surface area (Å²) < 4.78 is 12.8. The Morgan fingerprint density at radius 3 is 2.25 bits per heavy atom. The van der Waals surface area contributed by atoms with E-state index in [4.69, 9.17) is 5.11 Å². The number of benzene rings is 1. The Kier molecular flexibility index (Phi) is 3.52. The fourth-order valence-corrected chi connectivity index (χ4v) is 1.64. The van der Waals surface area contributed by atoms with Gasteiger partial charge in [0.05, 0.1) is 0 Å².